The van der Waals surface area contributed by atoms with Crippen LogP contribution in [0.4, 0.5) is 0 Å². The third-order valence-electron chi connectivity index (χ3n) is 8.97. The Morgan fingerprint density at radius 3 is 2.54 bits per heavy atom. The summed E-state index contributed by atoms with van der Waals surface area (Å²) in [6.45, 7) is 7.48. The van der Waals surface area contributed by atoms with Crippen LogP contribution in [0.5, 0.6) is 0 Å². The van der Waals surface area contributed by atoms with E-state index in [1.165, 1.54) is 19.3 Å². The van der Waals surface area contributed by atoms with Crippen LogP contribution >= 0.6 is 0 Å². The second kappa shape index (κ2) is 6.16. The average Bonchev–Trinajstić information content (AvgIpc) is 3.18. The molecule has 6 atom stereocenters. The lowest BCUT2D eigenvalue weighted by Gasteiger charge is -2.51. The second-order valence-electron chi connectivity index (χ2n) is 10.5. The average molecular weight is 392 g/mol. The van der Waals surface area contributed by atoms with Crippen LogP contribution in [0.2, 0.25) is 0 Å². The Balaban J connectivity index is 1.15. The van der Waals surface area contributed by atoms with Crippen molar-refractivity contribution in [3.05, 3.63) is 0 Å². The van der Waals surface area contributed by atoms with Gasteiger partial charge in [-0.1, -0.05) is 6.92 Å². The molecule has 0 amide bonds. The summed E-state index contributed by atoms with van der Waals surface area (Å²) in [4.78, 5) is 15.3. The van der Waals surface area contributed by atoms with Crippen LogP contribution in [0.3, 0.4) is 0 Å². The molecule has 6 rings (SSSR count). The fraction of sp³-hybridized carbons (Fsp3) is 0.955. The molecule has 0 aromatic heterocycles. The number of hydrogen-bond acceptors (Lipinski definition) is 6. The van der Waals surface area contributed by atoms with Gasteiger partial charge in [-0.15, -0.1) is 0 Å². The fourth-order valence-electron chi connectivity index (χ4n) is 7.31. The highest BCUT2D eigenvalue weighted by Crippen LogP contribution is 2.62. The highest BCUT2D eigenvalue weighted by Gasteiger charge is 2.65. The highest BCUT2D eigenvalue weighted by atomic mass is 16.7. The Kier molecular flexibility index (Phi) is 3.98. The van der Waals surface area contributed by atoms with Gasteiger partial charge in [-0.25, -0.2) is 0 Å². The topological polar surface area (TPSA) is 60.5 Å². The quantitative estimate of drug-likeness (QED) is 0.532. The van der Waals surface area contributed by atoms with Crippen LogP contribution in [0.1, 0.15) is 51.9 Å². The van der Waals surface area contributed by atoms with Crippen molar-refractivity contribution in [1.82, 2.24) is 4.90 Å². The van der Waals surface area contributed by atoms with Gasteiger partial charge in [-0.3, -0.25) is 4.79 Å². The van der Waals surface area contributed by atoms with E-state index in [1.54, 1.807) is 0 Å². The van der Waals surface area contributed by atoms with Crippen molar-refractivity contribution in [2.24, 2.45) is 23.2 Å². The Morgan fingerprint density at radius 2 is 1.82 bits per heavy atom. The van der Waals surface area contributed by atoms with E-state index in [1.807, 2.05) is 0 Å². The Morgan fingerprint density at radius 1 is 1.07 bits per heavy atom. The molecule has 156 valence electrons. The minimum atomic E-state index is -0.348. The number of carbonyl (C=O) groups is 1. The number of esters is 1. The molecule has 6 aliphatic rings. The van der Waals surface area contributed by atoms with Crippen LogP contribution < -0.4 is 0 Å². The lowest BCUT2D eigenvalue weighted by molar-refractivity contribution is -0.186. The third kappa shape index (κ3) is 2.71. The maximum atomic E-state index is 12.8. The summed E-state index contributed by atoms with van der Waals surface area (Å²) in [6.07, 6.45) is 7.76. The molecule has 0 aromatic rings. The molecule has 6 fully saturated rings. The van der Waals surface area contributed by atoms with Crippen LogP contribution in [-0.4, -0.2) is 67.8 Å². The van der Waals surface area contributed by atoms with Crippen LogP contribution in [0, 0.1) is 23.2 Å². The lowest BCUT2D eigenvalue weighted by atomic mass is 9.53. The summed E-state index contributed by atoms with van der Waals surface area (Å²) >= 11 is 0. The summed E-state index contributed by atoms with van der Waals surface area (Å²) < 4.78 is 23.7. The first-order valence-electron chi connectivity index (χ1n) is 11.4. The van der Waals surface area contributed by atoms with Gasteiger partial charge in [0.2, 0.25) is 0 Å². The number of carbonyl (C=O) groups excluding carboxylic acids is 1. The number of nitrogens with zero attached hydrogens (tertiary/aromatic N) is 1. The molecule has 0 unspecified atom stereocenters. The molecular formula is C22H33NO5. The molecule has 6 heteroatoms. The van der Waals surface area contributed by atoms with E-state index in [9.17, 15) is 4.79 Å². The van der Waals surface area contributed by atoms with Crippen LogP contribution in [0.25, 0.3) is 0 Å². The van der Waals surface area contributed by atoms with Gasteiger partial charge in [0.1, 0.15) is 6.10 Å². The Hall–Kier alpha value is -0.690. The summed E-state index contributed by atoms with van der Waals surface area (Å²) in [5.74, 6) is 0.666. The largest absolute Gasteiger partial charge is 0.462 e. The summed E-state index contributed by atoms with van der Waals surface area (Å²) in [7, 11) is 0. The molecule has 0 bridgehead atoms. The molecule has 4 aliphatic heterocycles. The van der Waals surface area contributed by atoms with E-state index in [2.05, 4.69) is 11.8 Å². The summed E-state index contributed by atoms with van der Waals surface area (Å²) in [5, 5.41) is 0. The van der Waals surface area contributed by atoms with Gasteiger partial charge in [0.15, 0.2) is 5.79 Å². The molecule has 6 nitrogen and oxygen atoms in total. The Bertz CT molecular complexity index is 647. The number of rotatable bonds is 2. The molecule has 4 saturated heterocycles. The summed E-state index contributed by atoms with van der Waals surface area (Å²) in [5.41, 5.74) is 0.405. The zero-order valence-corrected chi connectivity index (χ0v) is 17.0. The number of piperidine rings is 1. The van der Waals surface area contributed by atoms with Gasteiger partial charge in [-0.2, -0.15) is 0 Å². The smallest absolute Gasteiger partial charge is 0.310 e. The molecule has 0 radical (unpaired) electrons. The van der Waals surface area contributed by atoms with Gasteiger partial charge in [0, 0.05) is 38.4 Å². The predicted molar refractivity (Wildman–Crippen MR) is 101 cm³/mol. The van der Waals surface area contributed by atoms with Crippen LogP contribution in [0.15, 0.2) is 0 Å². The van der Waals surface area contributed by atoms with E-state index >= 15 is 0 Å². The molecular weight excluding hydrogens is 358 g/mol. The second-order valence-corrected chi connectivity index (χ2v) is 10.5. The molecule has 2 aliphatic carbocycles. The summed E-state index contributed by atoms with van der Waals surface area (Å²) in [6, 6.07) is 0. The first kappa shape index (κ1) is 18.1. The molecule has 0 aromatic carbocycles. The normalized spacial score (nSPS) is 49.8. The number of likely N-dealkylation sites (tertiary alicyclic amines) is 1. The maximum absolute atomic E-state index is 12.8. The first-order valence-corrected chi connectivity index (χ1v) is 11.4. The van der Waals surface area contributed by atoms with E-state index < -0.39 is 0 Å². The molecule has 2 saturated carbocycles. The number of epoxide rings is 1. The number of ether oxygens (including phenoxy) is 4. The molecule has 4 heterocycles. The standard InChI is InChI=1S/C22H33NO5/c1-20-3-2-4-21(14-27-21)18(20)11-15-16(19(24)28-17(15)12-20)13-23-7-5-22(6-8-23)25-9-10-26-22/h15-18H,2-14H2,1H3/t15-,16-,17-,18-,20-,21-/m1/s1. The van der Waals surface area contributed by atoms with E-state index in [0.29, 0.717) is 25.0 Å². The van der Waals surface area contributed by atoms with E-state index in [0.717, 1.165) is 51.9 Å². The predicted octanol–water partition coefficient (Wildman–Crippen LogP) is 2.35. The number of fused-ring (bicyclic) bond motifs is 3. The van der Waals surface area contributed by atoms with Crippen molar-refractivity contribution in [3.63, 3.8) is 0 Å². The minimum Gasteiger partial charge on any atom is -0.462 e. The van der Waals surface area contributed by atoms with Crippen LogP contribution in [-0.2, 0) is 23.7 Å². The lowest BCUT2D eigenvalue weighted by Crippen LogP contribution is -2.52. The van der Waals surface area contributed by atoms with Crippen molar-refractivity contribution in [3.8, 4) is 0 Å². The van der Waals surface area contributed by atoms with Crippen molar-refractivity contribution < 1.29 is 23.7 Å². The SMILES string of the molecule is C[C@]12CCC[C@@]3(CO3)[C@@H]1C[C@H]1[C@@H](C2)OC(=O)[C@@H]1CN1CCC2(CC1)OCCO2. The van der Waals surface area contributed by atoms with Gasteiger partial charge in [0.25, 0.3) is 0 Å². The monoisotopic (exact) mass is 391 g/mol. The number of hydrogen-bond donors (Lipinski definition) is 0. The first-order chi connectivity index (χ1) is 13.5. The molecule has 28 heavy (non-hydrogen) atoms. The van der Waals surface area contributed by atoms with Gasteiger partial charge < -0.3 is 23.8 Å². The molecule has 2 spiro atoms. The van der Waals surface area contributed by atoms with Crippen molar-refractivity contribution >= 4 is 5.97 Å². The Labute approximate surface area is 167 Å². The van der Waals surface area contributed by atoms with Gasteiger partial charge in [0.05, 0.1) is 31.3 Å². The van der Waals surface area contributed by atoms with E-state index in [4.69, 9.17) is 18.9 Å². The van der Waals surface area contributed by atoms with E-state index in [-0.39, 0.29) is 34.8 Å². The van der Waals surface area contributed by atoms with Gasteiger partial charge in [-0.05, 0) is 43.4 Å². The highest BCUT2D eigenvalue weighted by molar-refractivity contribution is 5.75. The maximum Gasteiger partial charge on any atom is 0.310 e. The van der Waals surface area contributed by atoms with Crippen molar-refractivity contribution in [2.75, 3.05) is 39.5 Å². The third-order valence-corrected chi connectivity index (χ3v) is 8.97. The molecule has 0 N–H and O–H groups in total. The van der Waals surface area contributed by atoms with Gasteiger partial charge >= 0.3 is 5.97 Å². The zero-order valence-electron chi connectivity index (χ0n) is 17.0. The van der Waals surface area contributed by atoms with Crippen molar-refractivity contribution in [1.29, 1.82) is 0 Å². The minimum absolute atomic E-state index is 0.0201. The fourth-order valence-corrected chi connectivity index (χ4v) is 7.31. The van der Waals surface area contributed by atoms with Crippen molar-refractivity contribution in [2.45, 2.75) is 69.4 Å². The zero-order chi connectivity index (χ0) is 19.0.